The first kappa shape index (κ1) is 11.3. The maximum Gasteiger partial charge on any atom is 0.255 e. The number of aliphatic hydroxyl groups is 1. The largest absolute Gasteiger partial charge is 0.390 e. The third-order valence-corrected chi connectivity index (χ3v) is 2.32. The molecule has 0 aliphatic carbocycles. The summed E-state index contributed by atoms with van der Waals surface area (Å²) in [4.78, 5) is 15.8. The van der Waals surface area contributed by atoms with Gasteiger partial charge in [-0.1, -0.05) is 18.2 Å². The molecule has 0 radical (unpaired) electrons. The van der Waals surface area contributed by atoms with E-state index in [4.69, 9.17) is 5.11 Å². The van der Waals surface area contributed by atoms with Gasteiger partial charge < -0.3 is 10.4 Å². The highest BCUT2D eigenvalue weighted by Gasteiger charge is 2.08. The summed E-state index contributed by atoms with van der Waals surface area (Å²) in [6.07, 6.45) is 1.57. The van der Waals surface area contributed by atoms with Crippen molar-refractivity contribution in [3.8, 4) is 0 Å². The predicted molar refractivity (Wildman–Crippen MR) is 64.6 cm³/mol. The average molecular weight is 228 g/mol. The molecule has 86 valence electrons. The number of pyridine rings is 1. The van der Waals surface area contributed by atoms with E-state index in [2.05, 4.69) is 10.3 Å². The lowest BCUT2D eigenvalue weighted by Crippen LogP contribution is -2.13. The minimum atomic E-state index is -0.215. The van der Waals surface area contributed by atoms with Crippen molar-refractivity contribution in [3.05, 3.63) is 59.9 Å². The number of nitrogens with zero attached hydrogens (tertiary/aromatic N) is 1. The minimum Gasteiger partial charge on any atom is -0.390 e. The van der Waals surface area contributed by atoms with Gasteiger partial charge in [-0.3, -0.25) is 9.78 Å². The Bertz CT molecular complexity index is 512. The van der Waals surface area contributed by atoms with Crippen LogP contribution in [0.5, 0.6) is 0 Å². The van der Waals surface area contributed by atoms with Crippen LogP contribution >= 0.6 is 0 Å². The standard InChI is InChI=1S/C13H12N2O2/c16-9-12-11(7-4-8-14-12)15-13(17)10-5-2-1-3-6-10/h1-8,16H,9H2,(H,15,17). The molecule has 4 nitrogen and oxygen atoms in total. The van der Waals surface area contributed by atoms with E-state index in [1.54, 1.807) is 42.6 Å². The molecule has 2 rings (SSSR count). The van der Waals surface area contributed by atoms with Gasteiger partial charge in [0.25, 0.3) is 5.91 Å². The van der Waals surface area contributed by atoms with Crippen LogP contribution in [0, 0.1) is 0 Å². The van der Waals surface area contributed by atoms with E-state index in [1.165, 1.54) is 0 Å². The van der Waals surface area contributed by atoms with E-state index in [9.17, 15) is 4.79 Å². The molecule has 0 unspecified atom stereocenters. The maximum atomic E-state index is 11.9. The Morgan fingerprint density at radius 3 is 2.65 bits per heavy atom. The molecule has 1 amide bonds. The van der Waals surface area contributed by atoms with Crippen LogP contribution in [-0.2, 0) is 6.61 Å². The van der Waals surface area contributed by atoms with Crippen molar-refractivity contribution in [3.63, 3.8) is 0 Å². The number of amides is 1. The fourth-order valence-corrected chi connectivity index (χ4v) is 1.46. The van der Waals surface area contributed by atoms with Gasteiger partial charge in [-0.05, 0) is 24.3 Å². The molecule has 1 heterocycles. The summed E-state index contributed by atoms with van der Waals surface area (Å²) in [5, 5.41) is 11.8. The van der Waals surface area contributed by atoms with E-state index in [-0.39, 0.29) is 12.5 Å². The SMILES string of the molecule is O=C(Nc1cccnc1CO)c1ccccc1. The number of nitrogens with one attached hydrogen (secondary N) is 1. The van der Waals surface area contributed by atoms with Crippen LogP contribution in [-0.4, -0.2) is 16.0 Å². The van der Waals surface area contributed by atoms with E-state index < -0.39 is 0 Å². The van der Waals surface area contributed by atoms with Gasteiger partial charge >= 0.3 is 0 Å². The first-order valence-electron chi connectivity index (χ1n) is 5.22. The lowest BCUT2D eigenvalue weighted by atomic mass is 10.2. The Hall–Kier alpha value is -2.20. The van der Waals surface area contributed by atoms with Crippen molar-refractivity contribution in [2.45, 2.75) is 6.61 Å². The first-order chi connectivity index (χ1) is 8.31. The van der Waals surface area contributed by atoms with E-state index in [0.717, 1.165) is 0 Å². The molecular weight excluding hydrogens is 216 g/mol. The molecule has 0 fully saturated rings. The number of aromatic nitrogens is 1. The number of hydrogen-bond donors (Lipinski definition) is 2. The molecule has 0 saturated carbocycles. The maximum absolute atomic E-state index is 11.9. The fraction of sp³-hybridized carbons (Fsp3) is 0.0769. The summed E-state index contributed by atoms with van der Waals surface area (Å²) in [6.45, 7) is -0.203. The highest BCUT2D eigenvalue weighted by Crippen LogP contribution is 2.13. The zero-order valence-electron chi connectivity index (χ0n) is 9.13. The molecule has 0 aliphatic rings. The van der Waals surface area contributed by atoms with Crippen LogP contribution in [0.4, 0.5) is 5.69 Å². The van der Waals surface area contributed by atoms with Gasteiger partial charge in [0.05, 0.1) is 18.0 Å². The number of anilines is 1. The molecular formula is C13H12N2O2. The highest BCUT2D eigenvalue weighted by molar-refractivity contribution is 6.04. The van der Waals surface area contributed by atoms with Crippen molar-refractivity contribution >= 4 is 11.6 Å². The molecule has 0 spiro atoms. The molecule has 4 heteroatoms. The lowest BCUT2D eigenvalue weighted by molar-refractivity contribution is 0.102. The summed E-state index contributed by atoms with van der Waals surface area (Å²) in [5.74, 6) is -0.215. The number of rotatable bonds is 3. The summed E-state index contributed by atoms with van der Waals surface area (Å²) in [7, 11) is 0. The highest BCUT2D eigenvalue weighted by atomic mass is 16.3. The van der Waals surface area contributed by atoms with E-state index >= 15 is 0 Å². The van der Waals surface area contributed by atoms with E-state index in [0.29, 0.717) is 16.9 Å². The van der Waals surface area contributed by atoms with Crippen molar-refractivity contribution in [1.29, 1.82) is 0 Å². The van der Waals surface area contributed by atoms with Crippen molar-refractivity contribution in [2.24, 2.45) is 0 Å². The molecule has 17 heavy (non-hydrogen) atoms. The normalized spacial score (nSPS) is 9.94. The van der Waals surface area contributed by atoms with Crippen molar-refractivity contribution in [2.75, 3.05) is 5.32 Å². The van der Waals surface area contributed by atoms with Gasteiger partial charge in [0, 0.05) is 11.8 Å². The number of carbonyl (C=O) groups excluding carboxylic acids is 1. The Kier molecular flexibility index (Phi) is 3.47. The summed E-state index contributed by atoms with van der Waals surface area (Å²) in [5.41, 5.74) is 1.56. The number of carbonyl (C=O) groups is 1. The van der Waals surface area contributed by atoms with Crippen molar-refractivity contribution < 1.29 is 9.90 Å². The molecule has 0 saturated heterocycles. The van der Waals surface area contributed by atoms with Gasteiger partial charge in [0.2, 0.25) is 0 Å². The van der Waals surface area contributed by atoms with E-state index in [1.807, 2.05) is 6.07 Å². The van der Waals surface area contributed by atoms with Gasteiger partial charge in [-0.15, -0.1) is 0 Å². The third kappa shape index (κ3) is 2.68. The van der Waals surface area contributed by atoms with Crippen LogP contribution in [0.15, 0.2) is 48.7 Å². The predicted octanol–water partition coefficient (Wildman–Crippen LogP) is 1.83. The Morgan fingerprint density at radius 2 is 1.94 bits per heavy atom. The topological polar surface area (TPSA) is 62.2 Å². The van der Waals surface area contributed by atoms with Crippen LogP contribution in [0.1, 0.15) is 16.1 Å². The fourth-order valence-electron chi connectivity index (χ4n) is 1.46. The Labute approximate surface area is 98.9 Å². The number of aliphatic hydroxyl groups excluding tert-OH is 1. The second kappa shape index (κ2) is 5.23. The van der Waals surface area contributed by atoms with Gasteiger partial charge in [-0.25, -0.2) is 0 Å². The average Bonchev–Trinajstić information content (AvgIpc) is 2.40. The summed E-state index contributed by atoms with van der Waals surface area (Å²) < 4.78 is 0. The smallest absolute Gasteiger partial charge is 0.255 e. The minimum absolute atomic E-state index is 0.203. The molecule has 0 aliphatic heterocycles. The number of benzene rings is 1. The first-order valence-corrected chi connectivity index (χ1v) is 5.22. The summed E-state index contributed by atoms with van der Waals surface area (Å²) in [6, 6.07) is 12.3. The third-order valence-electron chi connectivity index (χ3n) is 2.32. The van der Waals surface area contributed by atoms with Gasteiger partial charge in [0.1, 0.15) is 0 Å². The molecule has 0 atom stereocenters. The lowest BCUT2D eigenvalue weighted by Gasteiger charge is -2.08. The Morgan fingerprint density at radius 1 is 1.18 bits per heavy atom. The zero-order chi connectivity index (χ0) is 12.1. The van der Waals surface area contributed by atoms with Gasteiger partial charge in [0.15, 0.2) is 0 Å². The molecule has 2 aromatic rings. The Balaban J connectivity index is 2.19. The summed E-state index contributed by atoms with van der Waals surface area (Å²) >= 11 is 0. The molecule has 1 aromatic heterocycles. The van der Waals surface area contributed by atoms with Crippen LogP contribution in [0.3, 0.4) is 0 Å². The van der Waals surface area contributed by atoms with Crippen LogP contribution in [0.25, 0.3) is 0 Å². The molecule has 2 N–H and O–H groups in total. The van der Waals surface area contributed by atoms with Gasteiger partial charge in [-0.2, -0.15) is 0 Å². The van der Waals surface area contributed by atoms with Crippen LogP contribution < -0.4 is 5.32 Å². The second-order valence-electron chi connectivity index (χ2n) is 3.48. The monoisotopic (exact) mass is 228 g/mol. The molecule has 1 aromatic carbocycles. The quantitative estimate of drug-likeness (QED) is 0.842. The zero-order valence-corrected chi connectivity index (χ0v) is 9.13. The van der Waals surface area contributed by atoms with Crippen LogP contribution in [0.2, 0.25) is 0 Å². The number of hydrogen-bond acceptors (Lipinski definition) is 3. The molecule has 0 bridgehead atoms. The van der Waals surface area contributed by atoms with Crippen molar-refractivity contribution in [1.82, 2.24) is 4.98 Å². The second-order valence-corrected chi connectivity index (χ2v) is 3.48.